The molecule has 0 spiro atoms. The van der Waals surface area contributed by atoms with Gasteiger partial charge in [0.25, 0.3) is 23.6 Å². The molecule has 0 radical (unpaired) electrons. The van der Waals surface area contributed by atoms with Gasteiger partial charge in [-0.2, -0.15) is 0 Å². The number of hydrogen-bond donors (Lipinski definition) is 8. The summed E-state index contributed by atoms with van der Waals surface area (Å²) >= 11 is 0. The van der Waals surface area contributed by atoms with Crippen LogP contribution in [0.2, 0.25) is 0 Å². The van der Waals surface area contributed by atoms with E-state index in [2.05, 4.69) is 21.3 Å². The number of carbonyl (C=O) groups is 8. The van der Waals surface area contributed by atoms with Crippen LogP contribution in [-0.4, -0.2) is 92.5 Å². The number of anilines is 4. The first-order valence-electron chi connectivity index (χ1n) is 23.2. The van der Waals surface area contributed by atoms with Gasteiger partial charge >= 0.3 is 11.9 Å². The zero-order valence-corrected chi connectivity index (χ0v) is 40.3. The molecule has 0 fully saturated rings. The molecule has 0 unspecified atom stereocenters. The van der Waals surface area contributed by atoms with E-state index < -0.39 is 47.1 Å². The Balaban J connectivity index is 0.786. The van der Waals surface area contributed by atoms with Crippen LogP contribution in [0.5, 0.6) is 11.5 Å². The number of fused-ring (bicyclic) bond motifs is 2. The van der Waals surface area contributed by atoms with E-state index in [-0.39, 0.29) is 93.9 Å². The zero-order valence-electron chi connectivity index (χ0n) is 40.3. The van der Waals surface area contributed by atoms with Crippen LogP contribution in [0.3, 0.4) is 0 Å². The fourth-order valence-electron chi connectivity index (χ4n) is 8.35. The highest BCUT2D eigenvalue weighted by Crippen LogP contribution is 2.33. The van der Waals surface area contributed by atoms with Crippen LogP contribution in [0.15, 0.2) is 134 Å². The Bertz CT molecular complexity index is 3400. The van der Waals surface area contributed by atoms with Crippen molar-refractivity contribution in [3.05, 3.63) is 190 Å². The lowest BCUT2D eigenvalue weighted by atomic mass is 10.0. The van der Waals surface area contributed by atoms with E-state index in [0.29, 0.717) is 40.0 Å². The van der Waals surface area contributed by atoms with Crippen molar-refractivity contribution in [3.8, 4) is 11.5 Å². The van der Waals surface area contributed by atoms with Crippen LogP contribution >= 0.6 is 0 Å². The molecule has 20 nitrogen and oxygen atoms in total. The maximum atomic E-state index is 13.8. The molecular formula is C55H48N8O12. The maximum absolute atomic E-state index is 13.8. The molecule has 8 rings (SSSR count). The molecule has 4 aromatic carbocycles. The predicted octanol–water partition coefficient (Wildman–Crippen LogP) is 6.42. The van der Waals surface area contributed by atoms with Gasteiger partial charge in [0.1, 0.15) is 11.5 Å². The number of nitrogen functional groups attached to an aromatic ring is 2. The number of aromatic nitrogens is 2. The van der Waals surface area contributed by atoms with Gasteiger partial charge in [-0.15, -0.1) is 0 Å². The monoisotopic (exact) mass is 1010 g/mol. The minimum Gasteiger partial charge on any atom is -0.484 e. The molecule has 8 aromatic rings. The van der Waals surface area contributed by atoms with Crippen LogP contribution < -0.4 is 42.2 Å². The number of benzene rings is 4. The summed E-state index contributed by atoms with van der Waals surface area (Å²) in [6, 6.07) is 30.8. The number of carboxylic acid groups (broad SMARTS) is 2. The number of carbonyl (C=O) groups excluding carboxylic acids is 6. The highest BCUT2D eigenvalue weighted by Gasteiger charge is 2.26. The molecule has 4 aromatic heterocycles. The topological polar surface area (TPSA) is 304 Å². The Hall–Kier alpha value is -10.2. The van der Waals surface area contributed by atoms with E-state index in [4.69, 9.17) is 20.9 Å². The number of nitrogens with two attached hydrogens (primary N) is 2. The number of nitrogens with zero attached hydrogens (tertiary/aromatic N) is 2. The van der Waals surface area contributed by atoms with Crippen LogP contribution in [0.25, 0.3) is 11.0 Å². The molecule has 380 valence electrons. The quantitative estimate of drug-likeness (QED) is 0.0232. The van der Waals surface area contributed by atoms with E-state index in [1.807, 2.05) is 0 Å². The number of pyridine rings is 2. The first-order chi connectivity index (χ1) is 36.0. The first kappa shape index (κ1) is 51.1. The summed E-state index contributed by atoms with van der Waals surface area (Å²) in [5.41, 5.74) is 14.9. The lowest BCUT2D eigenvalue weighted by Crippen LogP contribution is -2.34. The second-order valence-corrected chi connectivity index (χ2v) is 17.1. The van der Waals surface area contributed by atoms with Gasteiger partial charge in [0, 0.05) is 70.2 Å². The number of ketones is 2. The number of ether oxygens (including phenoxy) is 2. The van der Waals surface area contributed by atoms with Gasteiger partial charge in [-0.1, -0.05) is 24.3 Å². The number of carboxylic acids is 2. The van der Waals surface area contributed by atoms with Gasteiger partial charge in [0.15, 0.2) is 13.2 Å². The number of amides is 4. The summed E-state index contributed by atoms with van der Waals surface area (Å²) in [5, 5.41) is 30.3. The molecule has 75 heavy (non-hydrogen) atoms. The molecule has 0 aliphatic heterocycles. The molecule has 10 N–H and O–H groups in total. The molecule has 4 amide bonds. The second-order valence-electron chi connectivity index (χ2n) is 17.1. The van der Waals surface area contributed by atoms with E-state index in [0.717, 1.165) is 0 Å². The predicted molar refractivity (Wildman–Crippen MR) is 277 cm³/mol. The third-order valence-corrected chi connectivity index (χ3v) is 12.1. The van der Waals surface area contributed by atoms with Crippen molar-refractivity contribution < 1.29 is 58.0 Å². The van der Waals surface area contributed by atoms with Crippen molar-refractivity contribution in [2.75, 3.05) is 48.4 Å². The molecule has 0 saturated carbocycles. The minimum atomic E-state index is -1.27. The second kappa shape index (κ2) is 22.0. The van der Waals surface area contributed by atoms with Gasteiger partial charge in [-0.3, -0.25) is 28.8 Å². The SMILES string of the molecule is Cc1c(NC(=O)c2cccc(OCC(=O)NCCCNC(=O)COc3cccc(C(=O)Nc4c(C)c(C(=O)c5ccc(N)c(C(=O)O)c5)n5ccccc45)c3)c2)c2ccccn2c1C(=O)c1ccc(N)c(C(=O)O)c1. The van der Waals surface area contributed by atoms with Gasteiger partial charge in [-0.25, -0.2) is 9.59 Å². The Kier molecular flexibility index (Phi) is 15.0. The van der Waals surface area contributed by atoms with E-state index in [1.165, 1.54) is 48.5 Å². The average Bonchev–Trinajstić information content (AvgIpc) is 3.85. The summed E-state index contributed by atoms with van der Waals surface area (Å²) < 4.78 is 14.6. The summed E-state index contributed by atoms with van der Waals surface area (Å²) in [6.07, 6.45) is 3.69. The number of rotatable bonds is 20. The molecule has 0 aliphatic carbocycles. The molecular weight excluding hydrogens is 965 g/mol. The standard InChI is InChI=1S/C55H48N8O12/c1-30-46(42-14-3-5-22-62(42)48(30)50(66)32-16-18-40(56)38(26-32)54(70)71)60-52(68)34-10-7-12-36(24-34)74-28-44(64)58-20-9-21-59-45(65)29-75-37-13-8-11-35(25-37)53(69)61-47-31(2)49(63-23-6-4-15-43(47)63)51(67)33-17-19-41(57)39(27-33)55(72)73/h3-8,10-19,22-27H,9,20-21,28-29,56-57H2,1-2H3,(H,58,64)(H,59,65)(H,60,68)(H,61,69)(H,70,71)(H,72,73). The van der Waals surface area contributed by atoms with E-state index >= 15 is 0 Å². The molecule has 0 bridgehead atoms. The Labute approximate surface area is 426 Å². The van der Waals surface area contributed by atoms with Crippen molar-refractivity contribution in [3.63, 3.8) is 0 Å². The maximum Gasteiger partial charge on any atom is 0.337 e. The Morgan fingerprint density at radius 1 is 0.507 bits per heavy atom. The summed E-state index contributed by atoms with van der Waals surface area (Å²) in [5.74, 6) is -4.95. The highest BCUT2D eigenvalue weighted by atomic mass is 16.5. The van der Waals surface area contributed by atoms with Gasteiger partial charge in [0.05, 0.1) is 44.9 Å². The third kappa shape index (κ3) is 11.1. The van der Waals surface area contributed by atoms with E-state index in [9.17, 15) is 48.6 Å². The van der Waals surface area contributed by atoms with Crippen LogP contribution in [0.1, 0.15) is 91.1 Å². The van der Waals surface area contributed by atoms with Crippen molar-refractivity contribution in [1.29, 1.82) is 0 Å². The van der Waals surface area contributed by atoms with Gasteiger partial charge in [0.2, 0.25) is 11.6 Å². The van der Waals surface area contributed by atoms with Crippen LogP contribution in [0.4, 0.5) is 22.7 Å². The van der Waals surface area contributed by atoms with E-state index in [1.54, 1.807) is 108 Å². The third-order valence-electron chi connectivity index (χ3n) is 12.1. The highest BCUT2D eigenvalue weighted by molar-refractivity contribution is 6.16. The number of nitrogens with one attached hydrogen (secondary N) is 4. The van der Waals surface area contributed by atoms with Gasteiger partial charge < -0.3 is 61.2 Å². The molecule has 0 saturated heterocycles. The lowest BCUT2D eigenvalue weighted by molar-refractivity contribution is -0.123. The zero-order chi connectivity index (χ0) is 53.5. The summed E-state index contributed by atoms with van der Waals surface area (Å²) in [7, 11) is 0. The summed E-state index contributed by atoms with van der Waals surface area (Å²) in [6.45, 7) is 3.02. The van der Waals surface area contributed by atoms with Crippen LogP contribution in [-0.2, 0) is 9.59 Å². The number of aromatic carboxylic acids is 2. The molecule has 20 heteroatoms. The average molecular weight is 1010 g/mol. The smallest absolute Gasteiger partial charge is 0.337 e. The summed E-state index contributed by atoms with van der Waals surface area (Å²) in [4.78, 5) is 103. The normalized spacial score (nSPS) is 10.9. The Morgan fingerprint density at radius 3 is 1.32 bits per heavy atom. The van der Waals surface area contributed by atoms with Crippen molar-refractivity contribution in [2.45, 2.75) is 20.3 Å². The minimum absolute atomic E-state index is 0.0140. The lowest BCUT2D eigenvalue weighted by Gasteiger charge is -2.11. The molecule has 4 heterocycles. The van der Waals surface area contributed by atoms with Crippen molar-refractivity contribution >= 4 is 80.9 Å². The molecule has 0 aliphatic rings. The van der Waals surface area contributed by atoms with Crippen molar-refractivity contribution in [1.82, 2.24) is 19.4 Å². The van der Waals surface area contributed by atoms with Crippen LogP contribution in [0, 0.1) is 13.8 Å². The van der Waals surface area contributed by atoms with Crippen molar-refractivity contribution in [2.24, 2.45) is 0 Å². The fraction of sp³-hybridized carbons (Fsp3) is 0.127. The first-order valence-corrected chi connectivity index (χ1v) is 23.2. The fourth-order valence-corrected chi connectivity index (χ4v) is 8.35. The largest absolute Gasteiger partial charge is 0.484 e. The molecule has 0 atom stereocenters. The Morgan fingerprint density at radius 2 is 0.920 bits per heavy atom. The number of hydrogen-bond acceptors (Lipinski definition) is 12. The van der Waals surface area contributed by atoms with Gasteiger partial charge in [-0.05, 0) is 117 Å².